The lowest BCUT2D eigenvalue weighted by Crippen LogP contribution is -2.61. The largest absolute Gasteiger partial charge is 0.445 e. The van der Waals surface area contributed by atoms with Crippen molar-refractivity contribution in [1.82, 2.24) is 5.32 Å². The average Bonchev–Trinajstić information content (AvgIpc) is 2.58. The summed E-state index contributed by atoms with van der Waals surface area (Å²) >= 11 is 17.1. The zero-order valence-corrected chi connectivity index (χ0v) is 22.4. The maximum Gasteiger partial charge on any atom is 0.407 e. The summed E-state index contributed by atoms with van der Waals surface area (Å²) in [7, 11) is -2.20. The molecule has 29 heavy (non-hydrogen) atoms. The zero-order valence-electron chi connectivity index (χ0n) is 19.1. The standard InChI is InChI=1S/C20H38Cl3NO4Si/c1-10-15-13(4)14(5)16(24-18(25)26-11-20(21,22)23)17(27-15)28-29(8,9)19(6,7)12(2)3/h12-17H,10-11H2,1-9H3,(H,24,25)/t13-,14-,15?,16?,17-/m0/s1. The number of alkyl carbamates (subject to hydrolysis) is 1. The van der Waals surface area contributed by atoms with E-state index < -0.39 is 24.5 Å². The van der Waals surface area contributed by atoms with Gasteiger partial charge in [-0.25, -0.2) is 4.79 Å². The second kappa shape index (κ2) is 10.3. The molecule has 1 fully saturated rings. The predicted octanol–water partition coefficient (Wildman–Crippen LogP) is 6.52. The molecule has 0 aliphatic carbocycles. The molecule has 0 saturated carbocycles. The van der Waals surface area contributed by atoms with Crippen LogP contribution >= 0.6 is 34.8 Å². The fourth-order valence-electron chi connectivity index (χ4n) is 3.53. The smallest absolute Gasteiger partial charge is 0.407 e. The first-order valence-corrected chi connectivity index (χ1v) is 14.4. The number of hydrogen-bond acceptors (Lipinski definition) is 4. The number of alkyl halides is 3. The zero-order chi connectivity index (χ0) is 22.8. The number of amides is 1. The number of nitrogens with one attached hydrogen (secondary N) is 1. The van der Waals surface area contributed by atoms with Gasteiger partial charge in [-0.15, -0.1) is 0 Å². The molecule has 5 atom stereocenters. The van der Waals surface area contributed by atoms with E-state index in [2.05, 4.69) is 66.9 Å². The van der Waals surface area contributed by atoms with Crippen molar-refractivity contribution in [3.8, 4) is 0 Å². The summed E-state index contributed by atoms with van der Waals surface area (Å²) in [5, 5.41) is 2.92. The van der Waals surface area contributed by atoms with Crippen molar-refractivity contribution < 1.29 is 18.7 Å². The molecule has 1 saturated heterocycles. The van der Waals surface area contributed by atoms with Crippen LogP contribution in [-0.2, 0) is 13.9 Å². The van der Waals surface area contributed by atoms with Gasteiger partial charge in [0.05, 0.1) is 12.1 Å². The quantitative estimate of drug-likeness (QED) is 0.326. The average molecular weight is 491 g/mol. The van der Waals surface area contributed by atoms with Crippen LogP contribution in [0.3, 0.4) is 0 Å². The fourth-order valence-corrected chi connectivity index (χ4v) is 6.17. The van der Waals surface area contributed by atoms with Crippen LogP contribution in [0.15, 0.2) is 0 Å². The molecule has 0 aromatic heterocycles. The first-order valence-electron chi connectivity index (χ1n) is 10.4. The highest BCUT2D eigenvalue weighted by Gasteiger charge is 2.49. The minimum atomic E-state index is -2.20. The minimum absolute atomic E-state index is 0.0188. The third-order valence-corrected chi connectivity index (χ3v) is 11.9. The van der Waals surface area contributed by atoms with E-state index in [0.717, 1.165) is 6.42 Å². The van der Waals surface area contributed by atoms with Crippen LogP contribution in [0, 0.1) is 17.8 Å². The number of ether oxygens (including phenoxy) is 2. The van der Waals surface area contributed by atoms with E-state index in [-0.39, 0.29) is 35.6 Å². The molecule has 1 aliphatic heterocycles. The van der Waals surface area contributed by atoms with E-state index >= 15 is 0 Å². The van der Waals surface area contributed by atoms with Crippen molar-refractivity contribution in [2.24, 2.45) is 17.8 Å². The predicted molar refractivity (Wildman–Crippen MR) is 123 cm³/mol. The monoisotopic (exact) mass is 489 g/mol. The Morgan fingerprint density at radius 2 is 1.72 bits per heavy atom. The summed E-state index contributed by atoms with van der Waals surface area (Å²) < 4.78 is 16.5. The van der Waals surface area contributed by atoms with Crippen LogP contribution in [0.1, 0.15) is 54.9 Å². The van der Waals surface area contributed by atoms with Crippen molar-refractivity contribution in [1.29, 1.82) is 0 Å². The highest BCUT2D eigenvalue weighted by Crippen LogP contribution is 2.46. The van der Waals surface area contributed by atoms with Crippen LogP contribution in [0.2, 0.25) is 18.1 Å². The number of hydrogen-bond donors (Lipinski definition) is 1. The molecule has 1 aliphatic rings. The molecule has 0 aromatic rings. The first-order chi connectivity index (χ1) is 13.0. The Morgan fingerprint density at radius 3 is 2.17 bits per heavy atom. The first kappa shape index (κ1) is 27.3. The van der Waals surface area contributed by atoms with Crippen molar-refractivity contribution in [3.63, 3.8) is 0 Å². The number of carbonyl (C=O) groups is 1. The van der Waals surface area contributed by atoms with Gasteiger partial charge in [0, 0.05) is 0 Å². The van der Waals surface area contributed by atoms with Gasteiger partial charge in [0.25, 0.3) is 0 Å². The lowest BCUT2D eigenvalue weighted by atomic mass is 9.81. The Balaban J connectivity index is 3.06. The van der Waals surface area contributed by atoms with Gasteiger partial charge in [-0.2, -0.15) is 0 Å². The van der Waals surface area contributed by atoms with Crippen molar-refractivity contribution in [2.75, 3.05) is 6.61 Å². The van der Waals surface area contributed by atoms with Crippen molar-refractivity contribution >= 4 is 49.2 Å². The van der Waals surface area contributed by atoms with E-state index in [0.29, 0.717) is 5.92 Å². The Kier molecular flexibility index (Phi) is 9.67. The molecular formula is C20H38Cl3NO4Si. The van der Waals surface area contributed by atoms with Gasteiger partial charge in [0.15, 0.2) is 14.6 Å². The van der Waals surface area contributed by atoms with Gasteiger partial charge in [0.2, 0.25) is 3.79 Å². The summed E-state index contributed by atoms with van der Waals surface area (Å²) in [5.41, 5.74) is 0. The van der Waals surface area contributed by atoms with E-state index in [1.807, 2.05) is 0 Å². The third-order valence-electron chi connectivity index (χ3n) is 7.04. The van der Waals surface area contributed by atoms with E-state index in [4.69, 9.17) is 48.7 Å². The summed E-state index contributed by atoms with van der Waals surface area (Å²) in [5.74, 6) is 0.832. The second-order valence-electron chi connectivity index (χ2n) is 9.54. The summed E-state index contributed by atoms with van der Waals surface area (Å²) in [4.78, 5) is 12.4. The van der Waals surface area contributed by atoms with E-state index in [9.17, 15) is 4.79 Å². The second-order valence-corrected chi connectivity index (χ2v) is 16.6. The molecule has 0 aromatic carbocycles. The van der Waals surface area contributed by atoms with Crippen LogP contribution in [0.5, 0.6) is 0 Å². The molecule has 5 nitrogen and oxygen atoms in total. The molecule has 172 valence electrons. The van der Waals surface area contributed by atoms with E-state index in [1.54, 1.807) is 0 Å². The van der Waals surface area contributed by atoms with Crippen molar-refractivity contribution in [3.05, 3.63) is 0 Å². The van der Waals surface area contributed by atoms with Gasteiger partial charge in [0.1, 0.15) is 6.61 Å². The molecule has 0 spiro atoms. The topological polar surface area (TPSA) is 56.8 Å². The number of rotatable bonds is 7. The van der Waals surface area contributed by atoms with Gasteiger partial charge >= 0.3 is 6.09 Å². The third kappa shape index (κ3) is 7.14. The summed E-state index contributed by atoms with van der Waals surface area (Å²) in [6, 6.07) is -0.356. The molecule has 0 bridgehead atoms. The van der Waals surface area contributed by atoms with Gasteiger partial charge in [-0.3, -0.25) is 0 Å². The molecule has 1 heterocycles. The molecule has 1 amide bonds. The van der Waals surface area contributed by atoms with Crippen LogP contribution in [0.4, 0.5) is 4.79 Å². The molecule has 1 N–H and O–H groups in total. The highest BCUT2D eigenvalue weighted by molar-refractivity contribution is 6.74. The lowest BCUT2D eigenvalue weighted by molar-refractivity contribution is -0.203. The van der Waals surface area contributed by atoms with E-state index in [1.165, 1.54) is 0 Å². The highest BCUT2D eigenvalue weighted by atomic mass is 35.6. The minimum Gasteiger partial charge on any atom is -0.445 e. The molecule has 2 unspecified atom stereocenters. The number of carbonyl (C=O) groups excluding carboxylic acids is 1. The van der Waals surface area contributed by atoms with Gasteiger partial charge in [-0.1, -0.05) is 83.3 Å². The molecule has 0 radical (unpaired) electrons. The maximum atomic E-state index is 12.4. The van der Waals surface area contributed by atoms with Gasteiger partial charge in [-0.05, 0) is 42.3 Å². The van der Waals surface area contributed by atoms with Crippen LogP contribution < -0.4 is 5.32 Å². The summed E-state index contributed by atoms with van der Waals surface area (Å²) in [6.45, 7) is 19.3. The summed E-state index contributed by atoms with van der Waals surface area (Å²) in [6.07, 6.45) is -0.246. The molecule has 1 rings (SSSR count). The van der Waals surface area contributed by atoms with Gasteiger partial charge < -0.3 is 19.2 Å². The maximum absolute atomic E-state index is 12.4. The fraction of sp³-hybridized carbons (Fsp3) is 0.950. The van der Waals surface area contributed by atoms with Crippen molar-refractivity contribution in [2.45, 2.75) is 95.2 Å². The Hall–Kier alpha value is 0.277. The lowest BCUT2D eigenvalue weighted by Gasteiger charge is -2.50. The Labute approximate surface area is 192 Å². The molecule has 9 heteroatoms. The number of halogens is 3. The Bertz CT molecular complexity index is 554. The normalized spacial score (nSPS) is 29.1. The Morgan fingerprint density at radius 1 is 1.17 bits per heavy atom. The van der Waals surface area contributed by atoms with Crippen LogP contribution in [-0.4, -0.2) is 43.2 Å². The molecular weight excluding hydrogens is 453 g/mol. The SMILES string of the molecule is CCC1O[C@@H](O[Si](C)(C)C(C)(C)C(C)C)C(NC(=O)OCC(Cl)(Cl)Cl)[C@@H](C)[C@@H]1C. The van der Waals surface area contributed by atoms with Crippen LogP contribution in [0.25, 0.3) is 0 Å².